The lowest BCUT2D eigenvalue weighted by Gasteiger charge is -2.41. The summed E-state index contributed by atoms with van der Waals surface area (Å²) in [5.41, 5.74) is 0. The number of hydrogen-bond acceptors (Lipinski definition) is 3. The number of halogens is 3. The molecule has 2 aliphatic rings. The van der Waals surface area contributed by atoms with Crippen LogP contribution in [0.15, 0.2) is 0 Å². The van der Waals surface area contributed by atoms with Gasteiger partial charge in [0.05, 0.1) is 18.8 Å². The Labute approximate surface area is 127 Å². The second-order valence-corrected chi connectivity index (χ2v) is 5.91. The Bertz CT molecular complexity index is 434. The van der Waals surface area contributed by atoms with Crippen molar-refractivity contribution in [2.24, 2.45) is 5.92 Å². The summed E-state index contributed by atoms with van der Waals surface area (Å²) in [6, 6.07) is -0.0453. The number of alkyl halides is 3. The van der Waals surface area contributed by atoms with E-state index >= 15 is 0 Å². The first kappa shape index (κ1) is 17.1. The van der Waals surface area contributed by atoms with Gasteiger partial charge >= 0.3 is 12.1 Å². The molecule has 0 N–H and O–H groups in total. The molecule has 2 unspecified atom stereocenters. The molecule has 126 valence electrons. The number of hydrogen-bond donors (Lipinski definition) is 0. The van der Waals surface area contributed by atoms with E-state index in [-0.39, 0.29) is 49.9 Å². The van der Waals surface area contributed by atoms with Crippen molar-refractivity contribution in [3.63, 3.8) is 0 Å². The third kappa shape index (κ3) is 3.53. The van der Waals surface area contributed by atoms with Crippen molar-refractivity contribution in [2.75, 3.05) is 26.2 Å². The van der Waals surface area contributed by atoms with Crippen molar-refractivity contribution < 1.29 is 27.5 Å². The van der Waals surface area contributed by atoms with Gasteiger partial charge in [0, 0.05) is 25.6 Å². The van der Waals surface area contributed by atoms with E-state index in [1.54, 1.807) is 4.90 Å². The molecule has 0 radical (unpaired) electrons. The normalized spacial score (nSPS) is 27.9. The molecule has 0 aromatic carbocycles. The summed E-state index contributed by atoms with van der Waals surface area (Å²) < 4.78 is 42.7. The lowest BCUT2D eigenvalue weighted by atomic mass is 9.94. The summed E-state index contributed by atoms with van der Waals surface area (Å²) in [6.45, 7) is 4.74. The van der Waals surface area contributed by atoms with Crippen molar-refractivity contribution in [3.8, 4) is 0 Å². The average molecular weight is 322 g/mol. The number of nitrogens with zero attached hydrogens (tertiary/aromatic N) is 2. The number of likely N-dealkylation sites (tertiary alicyclic amines) is 1. The van der Waals surface area contributed by atoms with Crippen LogP contribution in [0.5, 0.6) is 0 Å². The highest BCUT2D eigenvalue weighted by Crippen LogP contribution is 2.26. The van der Waals surface area contributed by atoms with Crippen molar-refractivity contribution in [2.45, 2.75) is 45.0 Å². The maximum absolute atomic E-state index is 12.5. The molecule has 8 heteroatoms. The van der Waals surface area contributed by atoms with Gasteiger partial charge in [-0.05, 0) is 26.7 Å². The number of morpholine rings is 1. The first-order chi connectivity index (χ1) is 10.2. The lowest BCUT2D eigenvalue weighted by Crippen LogP contribution is -2.54. The topological polar surface area (TPSA) is 49.9 Å². The van der Waals surface area contributed by atoms with Crippen LogP contribution in [0.3, 0.4) is 0 Å². The van der Waals surface area contributed by atoms with E-state index in [0.29, 0.717) is 13.2 Å². The van der Waals surface area contributed by atoms with Crippen molar-refractivity contribution in [3.05, 3.63) is 0 Å². The van der Waals surface area contributed by atoms with Crippen LogP contribution in [0.25, 0.3) is 0 Å². The Kier molecular flexibility index (Phi) is 4.99. The summed E-state index contributed by atoms with van der Waals surface area (Å²) in [4.78, 5) is 26.2. The number of piperidine rings is 1. The predicted molar refractivity (Wildman–Crippen MR) is 71.9 cm³/mol. The van der Waals surface area contributed by atoms with Crippen LogP contribution in [0.2, 0.25) is 0 Å². The summed E-state index contributed by atoms with van der Waals surface area (Å²) in [5.74, 6) is -2.17. The smallest absolute Gasteiger partial charge is 0.375 e. The van der Waals surface area contributed by atoms with Gasteiger partial charge in [0.15, 0.2) is 0 Å². The van der Waals surface area contributed by atoms with E-state index in [1.807, 2.05) is 13.8 Å². The van der Waals surface area contributed by atoms with E-state index < -0.39 is 12.1 Å². The maximum atomic E-state index is 12.5. The molecule has 2 saturated heterocycles. The number of amides is 2. The van der Waals surface area contributed by atoms with Gasteiger partial charge in [-0.2, -0.15) is 13.2 Å². The van der Waals surface area contributed by atoms with Crippen molar-refractivity contribution in [1.29, 1.82) is 0 Å². The zero-order valence-corrected chi connectivity index (χ0v) is 12.7. The molecule has 2 fully saturated rings. The molecule has 2 heterocycles. The van der Waals surface area contributed by atoms with Crippen molar-refractivity contribution in [1.82, 2.24) is 9.80 Å². The average Bonchev–Trinajstić information content (AvgIpc) is 2.48. The zero-order valence-electron chi connectivity index (χ0n) is 12.7. The molecule has 0 saturated carbocycles. The second kappa shape index (κ2) is 6.44. The molecule has 22 heavy (non-hydrogen) atoms. The Hall–Kier alpha value is -1.31. The number of ether oxygens (including phenoxy) is 1. The van der Waals surface area contributed by atoms with E-state index in [1.165, 1.54) is 0 Å². The molecule has 2 atom stereocenters. The van der Waals surface area contributed by atoms with Crippen LogP contribution in [-0.2, 0) is 14.3 Å². The lowest BCUT2D eigenvalue weighted by molar-refractivity contribution is -0.187. The fourth-order valence-electron chi connectivity index (χ4n) is 2.99. The third-order valence-electron chi connectivity index (χ3n) is 4.54. The minimum atomic E-state index is -4.84. The summed E-state index contributed by atoms with van der Waals surface area (Å²) in [5, 5.41) is 0. The molecule has 0 bridgehead atoms. The zero-order chi connectivity index (χ0) is 16.5. The molecule has 2 rings (SSSR count). The SMILES string of the molecule is CC1OCCN(C(=O)C2CCN(C(=O)C(F)(F)F)CC2)C1C. The minimum absolute atomic E-state index is 0.0248. The third-order valence-corrected chi connectivity index (χ3v) is 4.54. The van der Waals surface area contributed by atoms with Gasteiger partial charge in [-0.1, -0.05) is 0 Å². The Balaban J connectivity index is 1.91. The maximum Gasteiger partial charge on any atom is 0.471 e. The minimum Gasteiger partial charge on any atom is -0.375 e. The fourth-order valence-corrected chi connectivity index (χ4v) is 2.99. The molecular formula is C14H21F3N2O3. The number of carbonyl (C=O) groups excluding carboxylic acids is 2. The predicted octanol–water partition coefficient (Wildman–Crippen LogP) is 1.42. The van der Waals surface area contributed by atoms with Gasteiger partial charge < -0.3 is 14.5 Å². The number of carbonyl (C=O) groups is 2. The van der Waals surface area contributed by atoms with Crippen LogP contribution in [0.1, 0.15) is 26.7 Å². The molecule has 5 nitrogen and oxygen atoms in total. The van der Waals surface area contributed by atoms with Crippen LogP contribution in [0, 0.1) is 5.92 Å². The van der Waals surface area contributed by atoms with Gasteiger partial charge in [0.2, 0.25) is 5.91 Å². The van der Waals surface area contributed by atoms with Crippen LogP contribution in [-0.4, -0.2) is 66.2 Å². The second-order valence-electron chi connectivity index (χ2n) is 5.91. The summed E-state index contributed by atoms with van der Waals surface area (Å²) >= 11 is 0. The highest BCUT2D eigenvalue weighted by molar-refractivity contribution is 5.83. The van der Waals surface area contributed by atoms with E-state index in [0.717, 1.165) is 4.90 Å². The first-order valence-corrected chi connectivity index (χ1v) is 7.50. The summed E-state index contributed by atoms with van der Waals surface area (Å²) in [7, 11) is 0. The fraction of sp³-hybridized carbons (Fsp3) is 0.857. The Morgan fingerprint density at radius 3 is 2.23 bits per heavy atom. The van der Waals surface area contributed by atoms with Crippen LogP contribution >= 0.6 is 0 Å². The first-order valence-electron chi connectivity index (χ1n) is 7.50. The van der Waals surface area contributed by atoms with E-state index in [9.17, 15) is 22.8 Å². The molecule has 0 aliphatic carbocycles. The highest BCUT2D eigenvalue weighted by Gasteiger charge is 2.44. The van der Waals surface area contributed by atoms with Gasteiger partial charge in [-0.15, -0.1) is 0 Å². The monoisotopic (exact) mass is 322 g/mol. The molecule has 0 aromatic rings. The van der Waals surface area contributed by atoms with Crippen LogP contribution < -0.4 is 0 Å². The summed E-state index contributed by atoms with van der Waals surface area (Å²) in [6.07, 6.45) is -4.34. The Morgan fingerprint density at radius 1 is 1.09 bits per heavy atom. The standard InChI is InChI=1S/C14H21F3N2O3/c1-9-10(2)22-8-7-19(9)12(20)11-3-5-18(6-4-11)13(21)14(15,16)17/h9-11H,3-8H2,1-2H3. The molecule has 2 aliphatic heterocycles. The molecule has 0 aromatic heterocycles. The van der Waals surface area contributed by atoms with Crippen LogP contribution in [0.4, 0.5) is 13.2 Å². The van der Waals surface area contributed by atoms with Gasteiger partial charge in [0.1, 0.15) is 0 Å². The molecule has 0 spiro atoms. The molecular weight excluding hydrogens is 301 g/mol. The number of rotatable bonds is 1. The van der Waals surface area contributed by atoms with E-state index in [4.69, 9.17) is 4.74 Å². The molecule has 2 amide bonds. The highest BCUT2D eigenvalue weighted by atomic mass is 19.4. The quantitative estimate of drug-likeness (QED) is 0.734. The van der Waals surface area contributed by atoms with Gasteiger partial charge in [-0.25, -0.2) is 0 Å². The van der Waals surface area contributed by atoms with Crippen molar-refractivity contribution >= 4 is 11.8 Å². The largest absolute Gasteiger partial charge is 0.471 e. The van der Waals surface area contributed by atoms with E-state index in [2.05, 4.69) is 0 Å². The van der Waals surface area contributed by atoms with Gasteiger partial charge in [-0.3, -0.25) is 9.59 Å². The van der Waals surface area contributed by atoms with Gasteiger partial charge in [0.25, 0.3) is 0 Å². The Morgan fingerprint density at radius 2 is 1.68 bits per heavy atom.